The van der Waals surface area contributed by atoms with Crippen molar-refractivity contribution < 1.29 is 5.11 Å². The van der Waals surface area contributed by atoms with Crippen LogP contribution in [0.25, 0.3) is 6.08 Å². The van der Waals surface area contributed by atoms with Gasteiger partial charge in [-0.25, -0.2) is 0 Å². The van der Waals surface area contributed by atoms with Crippen molar-refractivity contribution in [3.05, 3.63) is 41.0 Å². The Morgan fingerprint density at radius 2 is 2.27 bits per heavy atom. The second-order valence-corrected chi connectivity index (χ2v) is 3.87. The summed E-state index contributed by atoms with van der Waals surface area (Å²) in [6.45, 7) is 2.30. The topological polar surface area (TPSA) is 32.3 Å². The summed E-state index contributed by atoms with van der Waals surface area (Å²) in [6, 6.07) is 6.59. The van der Waals surface area contributed by atoms with Gasteiger partial charge in [-0.05, 0) is 36.1 Å². The molecule has 1 aliphatic rings. The second-order valence-electron chi connectivity index (χ2n) is 3.87. The van der Waals surface area contributed by atoms with Crippen LogP contribution in [0.4, 0.5) is 0 Å². The third-order valence-electron chi connectivity index (χ3n) is 2.72. The van der Waals surface area contributed by atoms with Gasteiger partial charge in [0.15, 0.2) is 0 Å². The van der Waals surface area contributed by atoms with Crippen molar-refractivity contribution >= 4 is 6.08 Å². The number of fused-ring (bicyclic) bond motifs is 1. The Hall–Kier alpha value is -1.12. The molecule has 0 atom stereocenters. The summed E-state index contributed by atoms with van der Waals surface area (Å²) in [6.07, 6.45) is 5.96. The molecule has 0 saturated carbocycles. The number of hydrogen-bond donors (Lipinski definition) is 2. The zero-order valence-corrected chi connectivity index (χ0v) is 8.87. The van der Waals surface area contributed by atoms with E-state index in [0.717, 1.165) is 25.9 Å². The predicted octanol–water partition coefficient (Wildman–Crippen LogP) is 1.73. The molecule has 0 saturated heterocycles. The quantitative estimate of drug-likeness (QED) is 0.784. The van der Waals surface area contributed by atoms with Crippen LogP contribution in [0.2, 0.25) is 0 Å². The largest absolute Gasteiger partial charge is 0.396 e. The van der Waals surface area contributed by atoms with Gasteiger partial charge in [0.25, 0.3) is 0 Å². The number of rotatable bonds is 3. The molecule has 2 rings (SSSR count). The highest BCUT2D eigenvalue weighted by molar-refractivity contribution is 5.52. The van der Waals surface area contributed by atoms with Crippen molar-refractivity contribution in [3.8, 4) is 0 Å². The average molecular weight is 203 g/mol. The molecule has 2 heteroatoms. The predicted molar refractivity (Wildman–Crippen MR) is 62.6 cm³/mol. The zero-order valence-electron chi connectivity index (χ0n) is 8.87. The molecule has 2 nitrogen and oxygen atoms in total. The minimum Gasteiger partial charge on any atom is -0.396 e. The first-order chi connectivity index (χ1) is 7.40. The Bertz CT molecular complexity index is 358. The van der Waals surface area contributed by atoms with E-state index in [2.05, 4.69) is 29.6 Å². The lowest BCUT2D eigenvalue weighted by molar-refractivity contribution is 0.303. The van der Waals surface area contributed by atoms with Crippen LogP contribution in [-0.4, -0.2) is 18.3 Å². The molecule has 0 aromatic heterocycles. The van der Waals surface area contributed by atoms with Crippen LogP contribution in [0.3, 0.4) is 0 Å². The lowest BCUT2D eigenvalue weighted by Crippen LogP contribution is -2.23. The minimum atomic E-state index is 0.228. The molecule has 0 spiro atoms. The monoisotopic (exact) mass is 203 g/mol. The third kappa shape index (κ3) is 2.67. The van der Waals surface area contributed by atoms with Gasteiger partial charge in [0.05, 0.1) is 0 Å². The highest BCUT2D eigenvalue weighted by Gasteiger charge is 2.07. The smallest absolute Gasteiger partial charge is 0.0465 e. The van der Waals surface area contributed by atoms with Crippen LogP contribution in [0.5, 0.6) is 0 Å². The van der Waals surface area contributed by atoms with Gasteiger partial charge < -0.3 is 10.4 Å². The first kappa shape index (κ1) is 10.4. The Morgan fingerprint density at radius 3 is 3.13 bits per heavy atom. The Morgan fingerprint density at radius 1 is 1.33 bits per heavy atom. The van der Waals surface area contributed by atoms with Crippen molar-refractivity contribution in [3.63, 3.8) is 0 Å². The van der Waals surface area contributed by atoms with E-state index in [1.165, 1.54) is 16.7 Å². The molecule has 0 aliphatic carbocycles. The Labute approximate surface area is 90.6 Å². The normalized spacial score (nSPS) is 15.5. The third-order valence-corrected chi connectivity index (χ3v) is 2.72. The van der Waals surface area contributed by atoms with E-state index in [1.54, 1.807) is 0 Å². The molecule has 0 unspecified atom stereocenters. The summed E-state index contributed by atoms with van der Waals surface area (Å²) < 4.78 is 0. The summed E-state index contributed by atoms with van der Waals surface area (Å²) in [4.78, 5) is 0. The summed E-state index contributed by atoms with van der Waals surface area (Å²) in [5.41, 5.74) is 4.12. The highest BCUT2D eigenvalue weighted by atomic mass is 16.2. The van der Waals surface area contributed by atoms with Crippen molar-refractivity contribution in [2.45, 2.75) is 19.4 Å². The second kappa shape index (κ2) is 5.10. The number of hydrogen-bond acceptors (Lipinski definition) is 2. The van der Waals surface area contributed by atoms with Crippen molar-refractivity contribution in [2.24, 2.45) is 0 Å². The lowest BCUT2D eigenvalue weighted by atomic mass is 9.98. The molecule has 80 valence electrons. The number of nitrogens with one attached hydrogen (secondary N) is 1. The van der Waals surface area contributed by atoms with E-state index >= 15 is 0 Å². The summed E-state index contributed by atoms with van der Waals surface area (Å²) in [5.74, 6) is 0. The van der Waals surface area contributed by atoms with Gasteiger partial charge in [0, 0.05) is 13.2 Å². The maximum absolute atomic E-state index is 8.68. The maximum Gasteiger partial charge on any atom is 0.0465 e. The molecule has 0 radical (unpaired) electrons. The molecule has 1 aromatic carbocycles. The fraction of sp³-hybridized carbons (Fsp3) is 0.385. The van der Waals surface area contributed by atoms with E-state index < -0.39 is 0 Å². The standard InChI is InChI=1S/C13H17NO/c15-8-2-1-3-11-4-5-13-10-14-7-6-12(13)9-11/h1,3-5,9,14-15H,2,6-8,10H2. The maximum atomic E-state index is 8.68. The fourth-order valence-electron chi connectivity index (χ4n) is 1.89. The molecule has 1 heterocycles. The van der Waals surface area contributed by atoms with Gasteiger partial charge in [0.1, 0.15) is 0 Å². The van der Waals surface area contributed by atoms with E-state index in [1.807, 2.05) is 6.08 Å². The molecular weight excluding hydrogens is 186 g/mol. The van der Waals surface area contributed by atoms with Gasteiger partial charge >= 0.3 is 0 Å². The van der Waals surface area contributed by atoms with Gasteiger partial charge in [-0.15, -0.1) is 0 Å². The summed E-state index contributed by atoms with van der Waals surface area (Å²) in [5, 5.41) is 12.0. The van der Waals surface area contributed by atoms with Gasteiger partial charge in [-0.2, -0.15) is 0 Å². The first-order valence-corrected chi connectivity index (χ1v) is 5.50. The van der Waals surface area contributed by atoms with Crippen LogP contribution in [0.1, 0.15) is 23.1 Å². The zero-order chi connectivity index (χ0) is 10.5. The van der Waals surface area contributed by atoms with Crippen molar-refractivity contribution in [1.29, 1.82) is 0 Å². The van der Waals surface area contributed by atoms with Crippen LogP contribution in [0.15, 0.2) is 24.3 Å². The molecule has 0 amide bonds. The van der Waals surface area contributed by atoms with E-state index in [9.17, 15) is 0 Å². The van der Waals surface area contributed by atoms with E-state index in [4.69, 9.17) is 5.11 Å². The van der Waals surface area contributed by atoms with Gasteiger partial charge in [-0.3, -0.25) is 0 Å². The number of benzene rings is 1. The van der Waals surface area contributed by atoms with E-state index in [-0.39, 0.29) is 6.61 Å². The molecular formula is C13H17NO. The van der Waals surface area contributed by atoms with E-state index in [0.29, 0.717) is 0 Å². The van der Waals surface area contributed by atoms with Gasteiger partial charge in [0.2, 0.25) is 0 Å². The van der Waals surface area contributed by atoms with Crippen LogP contribution < -0.4 is 5.32 Å². The molecule has 1 aromatic rings. The Kier molecular flexibility index (Phi) is 3.54. The molecule has 2 N–H and O–H groups in total. The number of aliphatic hydroxyl groups excluding tert-OH is 1. The Balaban J connectivity index is 2.13. The average Bonchev–Trinajstić information content (AvgIpc) is 2.29. The lowest BCUT2D eigenvalue weighted by Gasteiger charge is -2.17. The SMILES string of the molecule is OCCC=Cc1ccc2c(c1)CCNC2. The first-order valence-electron chi connectivity index (χ1n) is 5.50. The van der Waals surface area contributed by atoms with Crippen LogP contribution >= 0.6 is 0 Å². The summed E-state index contributed by atoms with van der Waals surface area (Å²) in [7, 11) is 0. The van der Waals surface area contributed by atoms with Crippen LogP contribution in [0, 0.1) is 0 Å². The summed E-state index contributed by atoms with van der Waals surface area (Å²) >= 11 is 0. The highest BCUT2D eigenvalue weighted by Crippen LogP contribution is 2.16. The molecule has 1 aliphatic heterocycles. The van der Waals surface area contributed by atoms with Crippen molar-refractivity contribution in [1.82, 2.24) is 5.32 Å². The number of aliphatic hydroxyl groups is 1. The van der Waals surface area contributed by atoms with Crippen molar-refractivity contribution in [2.75, 3.05) is 13.2 Å². The molecule has 15 heavy (non-hydrogen) atoms. The fourth-order valence-corrected chi connectivity index (χ4v) is 1.89. The van der Waals surface area contributed by atoms with Crippen LogP contribution in [-0.2, 0) is 13.0 Å². The molecule has 0 bridgehead atoms. The minimum absolute atomic E-state index is 0.228. The molecule has 0 fully saturated rings. The van der Waals surface area contributed by atoms with Gasteiger partial charge in [-0.1, -0.05) is 30.4 Å².